The van der Waals surface area contributed by atoms with Gasteiger partial charge in [-0.2, -0.15) is 0 Å². The SMILES string of the molecule is Cc1ncc(CN2CCC(C(=O)Nc3ccc(-c4cc5ccccc5[nH]4)cc3)CC2)cn1. The molecule has 162 valence electrons. The molecule has 1 amide bonds. The first kappa shape index (κ1) is 20.4. The summed E-state index contributed by atoms with van der Waals surface area (Å²) in [5.74, 6) is 0.953. The van der Waals surface area contributed by atoms with Crippen LogP contribution < -0.4 is 5.32 Å². The van der Waals surface area contributed by atoms with Crippen molar-refractivity contribution in [3.05, 3.63) is 78.4 Å². The molecule has 0 radical (unpaired) electrons. The van der Waals surface area contributed by atoms with Gasteiger partial charge in [0.05, 0.1) is 0 Å². The second kappa shape index (κ2) is 8.93. The van der Waals surface area contributed by atoms with Crippen LogP contribution in [0.5, 0.6) is 0 Å². The van der Waals surface area contributed by atoms with Crippen molar-refractivity contribution in [3.8, 4) is 11.3 Å². The van der Waals surface area contributed by atoms with Crippen LogP contribution in [-0.4, -0.2) is 38.8 Å². The number of piperidine rings is 1. The van der Waals surface area contributed by atoms with E-state index in [2.05, 4.69) is 43.4 Å². The molecule has 32 heavy (non-hydrogen) atoms. The fraction of sp³-hybridized carbons (Fsp3) is 0.269. The minimum atomic E-state index is 0.0499. The number of para-hydroxylation sites is 1. The van der Waals surface area contributed by atoms with Gasteiger partial charge in [0, 0.05) is 52.7 Å². The molecule has 1 aliphatic rings. The number of hydrogen-bond donors (Lipinski definition) is 2. The summed E-state index contributed by atoms with van der Waals surface area (Å²) in [6.45, 7) is 4.55. The van der Waals surface area contributed by atoms with Gasteiger partial charge >= 0.3 is 0 Å². The zero-order valence-electron chi connectivity index (χ0n) is 18.2. The Morgan fingerprint density at radius 2 is 1.78 bits per heavy atom. The zero-order valence-corrected chi connectivity index (χ0v) is 18.2. The molecule has 2 N–H and O–H groups in total. The Labute approximate surface area is 187 Å². The largest absolute Gasteiger partial charge is 0.355 e. The third kappa shape index (κ3) is 4.55. The fourth-order valence-corrected chi connectivity index (χ4v) is 4.32. The van der Waals surface area contributed by atoms with E-state index in [0.717, 1.165) is 66.3 Å². The van der Waals surface area contributed by atoms with Crippen molar-refractivity contribution in [1.82, 2.24) is 19.9 Å². The van der Waals surface area contributed by atoms with E-state index in [9.17, 15) is 4.79 Å². The number of hydrogen-bond acceptors (Lipinski definition) is 4. The molecule has 1 aliphatic heterocycles. The molecule has 0 atom stereocenters. The predicted molar refractivity (Wildman–Crippen MR) is 127 cm³/mol. The van der Waals surface area contributed by atoms with E-state index in [1.807, 2.05) is 55.7 Å². The van der Waals surface area contributed by atoms with E-state index in [4.69, 9.17) is 0 Å². The Morgan fingerprint density at radius 3 is 2.50 bits per heavy atom. The van der Waals surface area contributed by atoms with Gasteiger partial charge in [-0.25, -0.2) is 9.97 Å². The number of rotatable bonds is 5. The highest BCUT2D eigenvalue weighted by atomic mass is 16.1. The molecule has 1 saturated heterocycles. The fourth-order valence-electron chi connectivity index (χ4n) is 4.32. The zero-order chi connectivity index (χ0) is 21.9. The van der Waals surface area contributed by atoms with Crippen LogP contribution in [0.25, 0.3) is 22.2 Å². The second-order valence-corrected chi connectivity index (χ2v) is 8.53. The number of anilines is 1. The summed E-state index contributed by atoms with van der Waals surface area (Å²) in [4.78, 5) is 27.1. The van der Waals surface area contributed by atoms with Gasteiger partial charge in [-0.05, 0) is 62.7 Å². The van der Waals surface area contributed by atoms with E-state index in [-0.39, 0.29) is 11.8 Å². The first-order valence-electron chi connectivity index (χ1n) is 11.1. The van der Waals surface area contributed by atoms with Gasteiger partial charge < -0.3 is 10.3 Å². The normalized spacial score (nSPS) is 15.2. The van der Waals surface area contributed by atoms with Gasteiger partial charge in [0.25, 0.3) is 0 Å². The quantitative estimate of drug-likeness (QED) is 0.482. The highest BCUT2D eigenvalue weighted by molar-refractivity contribution is 5.93. The van der Waals surface area contributed by atoms with Crippen LogP contribution in [-0.2, 0) is 11.3 Å². The monoisotopic (exact) mass is 425 g/mol. The molecular weight excluding hydrogens is 398 g/mol. The second-order valence-electron chi connectivity index (χ2n) is 8.53. The van der Waals surface area contributed by atoms with Crippen LogP contribution >= 0.6 is 0 Å². The van der Waals surface area contributed by atoms with Crippen molar-refractivity contribution in [1.29, 1.82) is 0 Å². The Balaban J connectivity index is 1.15. The molecule has 2 aromatic heterocycles. The summed E-state index contributed by atoms with van der Waals surface area (Å²) < 4.78 is 0. The maximum Gasteiger partial charge on any atom is 0.227 e. The Kier molecular flexibility index (Phi) is 5.69. The summed E-state index contributed by atoms with van der Waals surface area (Å²) >= 11 is 0. The number of benzene rings is 2. The summed E-state index contributed by atoms with van der Waals surface area (Å²) in [5.41, 5.74) is 5.27. The van der Waals surface area contributed by atoms with Crippen LogP contribution in [0.4, 0.5) is 5.69 Å². The number of aromatic amines is 1. The van der Waals surface area contributed by atoms with E-state index in [1.165, 1.54) is 5.39 Å². The smallest absolute Gasteiger partial charge is 0.227 e. The molecule has 1 fully saturated rings. The number of aryl methyl sites for hydroxylation is 1. The molecule has 2 aromatic carbocycles. The van der Waals surface area contributed by atoms with Crippen LogP contribution in [0.2, 0.25) is 0 Å². The lowest BCUT2D eigenvalue weighted by Crippen LogP contribution is -2.37. The summed E-state index contributed by atoms with van der Waals surface area (Å²) in [5, 5.41) is 4.30. The minimum absolute atomic E-state index is 0.0499. The molecule has 0 unspecified atom stereocenters. The van der Waals surface area contributed by atoms with E-state index < -0.39 is 0 Å². The number of nitrogens with zero attached hydrogens (tertiary/aromatic N) is 3. The van der Waals surface area contributed by atoms with Crippen LogP contribution in [0, 0.1) is 12.8 Å². The maximum absolute atomic E-state index is 12.8. The van der Waals surface area contributed by atoms with E-state index in [1.54, 1.807) is 0 Å². The van der Waals surface area contributed by atoms with Gasteiger partial charge in [0.2, 0.25) is 5.91 Å². The van der Waals surface area contributed by atoms with E-state index in [0.29, 0.717) is 0 Å². The number of nitrogens with one attached hydrogen (secondary N) is 2. The number of fused-ring (bicyclic) bond motifs is 1. The Bertz CT molecular complexity index is 1170. The predicted octanol–water partition coefficient (Wildman–Crippen LogP) is 4.78. The first-order valence-corrected chi connectivity index (χ1v) is 11.1. The molecule has 5 rings (SSSR count). The van der Waals surface area contributed by atoms with Gasteiger partial charge in [0.15, 0.2) is 0 Å². The molecule has 0 spiro atoms. The molecule has 4 aromatic rings. The summed E-state index contributed by atoms with van der Waals surface area (Å²) in [6.07, 6.45) is 5.51. The molecule has 6 heteroatoms. The Hall–Kier alpha value is -3.51. The molecular formula is C26H27N5O. The molecule has 6 nitrogen and oxygen atoms in total. The standard InChI is InChI=1S/C26H27N5O/c1-18-27-15-19(16-28-18)17-31-12-10-21(11-13-31)26(32)29-23-8-6-20(7-9-23)25-14-22-4-2-3-5-24(22)30-25/h2-9,14-16,21,30H,10-13,17H2,1H3,(H,29,32). The third-order valence-corrected chi connectivity index (χ3v) is 6.19. The molecule has 0 saturated carbocycles. The molecule has 0 bridgehead atoms. The lowest BCUT2D eigenvalue weighted by molar-refractivity contribution is -0.121. The highest BCUT2D eigenvalue weighted by Crippen LogP contribution is 2.26. The van der Waals surface area contributed by atoms with Crippen molar-refractivity contribution < 1.29 is 4.79 Å². The minimum Gasteiger partial charge on any atom is -0.355 e. The van der Waals surface area contributed by atoms with Crippen LogP contribution in [0.15, 0.2) is 67.0 Å². The van der Waals surface area contributed by atoms with Gasteiger partial charge in [-0.3, -0.25) is 9.69 Å². The van der Waals surface area contributed by atoms with E-state index >= 15 is 0 Å². The molecule has 0 aliphatic carbocycles. The van der Waals surface area contributed by atoms with Gasteiger partial charge in [-0.15, -0.1) is 0 Å². The van der Waals surface area contributed by atoms with Crippen molar-refractivity contribution in [2.75, 3.05) is 18.4 Å². The number of aromatic nitrogens is 3. The topological polar surface area (TPSA) is 73.9 Å². The average molecular weight is 426 g/mol. The van der Waals surface area contributed by atoms with Crippen molar-refractivity contribution in [2.24, 2.45) is 5.92 Å². The lowest BCUT2D eigenvalue weighted by Gasteiger charge is -2.31. The number of amides is 1. The van der Waals surface area contributed by atoms with Crippen LogP contribution in [0.1, 0.15) is 24.2 Å². The van der Waals surface area contributed by atoms with Gasteiger partial charge in [0.1, 0.15) is 5.82 Å². The van der Waals surface area contributed by atoms with Gasteiger partial charge in [-0.1, -0.05) is 30.3 Å². The first-order chi connectivity index (χ1) is 15.6. The van der Waals surface area contributed by atoms with Crippen LogP contribution in [0.3, 0.4) is 0 Å². The third-order valence-electron chi connectivity index (χ3n) is 6.19. The van der Waals surface area contributed by atoms with Crippen molar-refractivity contribution >= 4 is 22.5 Å². The summed E-state index contributed by atoms with van der Waals surface area (Å²) in [6, 6.07) is 18.5. The Morgan fingerprint density at radius 1 is 1.06 bits per heavy atom. The van der Waals surface area contributed by atoms with Crippen molar-refractivity contribution in [2.45, 2.75) is 26.3 Å². The number of likely N-dealkylation sites (tertiary alicyclic amines) is 1. The average Bonchev–Trinajstić information content (AvgIpc) is 3.26. The maximum atomic E-state index is 12.8. The van der Waals surface area contributed by atoms with Crippen molar-refractivity contribution in [3.63, 3.8) is 0 Å². The number of H-pyrrole nitrogens is 1. The number of carbonyl (C=O) groups excluding carboxylic acids is 1. The molecule has 3 heterocycles. The lowest BCUT2D eigenvalue weighted by atomic mass is 9.95. The highest BCUT2D eigenvalue weighted by Gasteiger charge is 2.25. The number of carbonyl (C=O) groups is 1. The summed E-state index contributed by atoms with van der Waals surface area (Å²) in [7, 11) is 0.